The average molecular weight is 605 g/mol. The highest BCUT2D eigenvalue weighted by Crippen LogP contribution is 2.76. The zero-order valence-electron chi connectivity index (χ0n) is 24.9. The van der Waals surface area contributed by atoms with Gasteiger partial charge in [0.1, 0.15) is 23.4 Å². The summed E-state index contributed by atoms with van der Waals surface area (Å²) in [4.78, 5) is 38.1. The molecule has 236 valence electrons. The van der Waals surface area contributed by atoms with Crippen molar-refractivity contribution < 1.29 is 58.2 Å². The Hall–Kier alpha value is -2.77. The lowest BCUT2D eigenvalue weighted by molar-refractivity contribution is -0.247. The van der Waals surface area contributed by atoms with Gasteiger partial charge in [-0.3, -0.25) is 9.59 Å². The van der Waals surface area contributed by atoms with E-state index < -0.39 is 107 Å². The second kappa shape index (κ2) is 9.61. The van der Waals surface area contributed by atoms with Crippen molar-refractivity contribution in [3.8, 4) is 0 Å². The number of aliphatic hydroxyl groups excluding tert-OH is 3. The maximum Gasteiger partial charge on any atom is 0.335 e. The first kappa shape index (κ1) is 30.3. The predicted molar refractivity (Wildman–Crippen MR) is 145 cm³/mol. The molecular formula is C31H40O12. The molecule has 13 atom stereocenters. The van der Waals surface area contributed by atoms with Crippen LogP contribution in [0.15, 0.2) is 35.2 Å². The van der Waals surface area contributed by atoms with E-state index in [1.807, 2.05) is 0 Å². The summed E-state index contributed by atoms with van der Waals surface area (Å²) in [5.74, 6) is -5.41. The number of rotatable bonds is 7. The Morgan fingerprint density at radius 3 is 2.47 bits per heavy atom. The number of fused-ring (bicyclic) bond motifs is 1. The molecule has 2 saturated carbocycles. The molecular weight excluding hydrogens is 564 g/mol. The van der Waals surface area contributed by atoms with Crippen LogP contribution >= 0.6 is 0 Å². The van der Waals surface area contributed by atoms with E-state index >= 15 is 0 Å². The molecule has 5 aliphatic rings. The first-order chi connectivity index (χ1) is 20.1. The SMILES string of the molecule is C=C1[C@@H]([C@]2(C)[C@H]3CC(=O)O[C@@]3(C)CO[C@@H]2CC(=O)O)[C@@H](O)[C@H](OC(=O)[C@H](O)C(C)C)[C@@]2(C)[C@H](c3ccoc3)[C@@H](O)[C@H]3O[C@]132. The molecule has 43 heavy (non-hydrogen) atoms. The minimum Gasteiger partial charge on any atom is -0.481 e. The van der Waals surface area contributed by atoms with Crippen LogP contribution in [-0.4, -0.2) is 92.8 Å². The van der Waals surface area contributed by atoms with Gasteiger partial charge in [0, 0.05) is 23.2 Å². The fourth-order valence-corrected chi connectivity index (χ4v) is 9.32. The van der Waals surface area contributed by atoms with Gasteiger partial charge in [-0.2, -0.15) is 0 Å². The molecule has 0 unspecified atom stereocenters. The zero-order chi connectivity index (χ0) is 31.4. The number of carboxylic acid groups (broad SMARTS) is 1. The molecule has 0 amide bonds. The summed E-state index contributed by atoms with van der Waals surface area (Å²) >= 11 is 0. The van der Waals surface area contributed by atoms with Crippen molar-refractivity contribution in [1.82, 2.24) is 0 Å². The topological polar surface area (TPSA) is 185 Å². The molecule has 12 nitrogen and oxygen atoms in total. The summed E-state index contributed by atoms with van der Waals surface area (Å²) in [6.07, 6.45) is -4.80. The number of ether oxygens (including phenoxy) is 4. The minimum atomic E-state index is -1.53. The molecule has 0 radical (unpaired) electrons. The molecule has 3 aliphatic heterocycles. The molecule has 1 aromatic heterocycles. The minimum absolute atomic E-state index is 0.0332. The van der Waals surface area contributed by atoms with E-state index in [4.69, 9.17) is 23.4 Å². The molecule has 12 heteroatoms. The highest BCUT2D eigenvalue weighted by Gasteiger charge is 2.87. The van der Waals surface area contributed by atoms with Crippen molar-refractivity contribution in [1.29, 1.82) is 0 Å². The van der Waals surface area contributed by atoms with Crippen molar-refractivity contribution in [3.05, 3.63) is 36.3 Å². The molecule has 3 saturated heterocycles. The van der Waals surface area contributed by atoms with Gasteiger partial charge in [-0.25, -0.2) is 4.79 Å². The van der Waals surface area contributed by atoms with Crippen LogP contribution < -0.4 is 0 Å². The van der Waals surface area contributed by atoms with Crippen LogP contribution in [0.4, 0.5) is 0 Å². The maximum atomic E-state index is 13.4. The summed E-state index contributed by atoms with van der Waals surface area (Å²) in [5, 5.41) is 44.6. The van der Waals surface area contributed by atoms with Gasteiger partial charge in [-0.15, -0.1) is 0 Å². The largest absolute Gasteiger partial charge is 0.481 e. The summed E-state index contributed by atoms with van der Waals surface area (Å²) in [6, 6.07) is 1.69. The summed E-state index contributed by atoms with van der Waals surface area (Å²) in [7, 11) is 0. The average Bonchev–Trinajstić information content (AvgIpc) is 3.19. The fraction of sp³-hybridized carbons (Fsp3) is 0.710. The van der Waals surface area contributed by atoms with Crippen LogP contribution in [0.1, 0.15) is 58.9 Å². The summed E-state index contributed by atoms with van der Waals surface area (Å²) in [5.41, 5.74) is -4.00. The van der Waals surface area contributed by atoms with Gasteiger partial charge in [0.15, 0.2) is 6.10 Å². The van der Waals surface area contributed by atoms with E-state index in [1.54, 1.807) is 40.7 Å². The van der Waals surface area contributed by atoms with Crippen molar-refractivity contribution in [2.75, 3.05) is 6.61 Å². The van der Waals surface area contributed by atoms with Gasteiger partial charge in [-0.05, 0) is 30.0 Å². The number of aliphatic carboxylic acids is 1. The quantitative estimate of drug-likeness (QED) is 0.200. The molecule has 1 spiro atoms. The number of aliphatic hydroxyl groups is 3. The third-order valence-corrected chi connectivity index (χ3v) is 11.4. The Balaban J connectivity index is 1.53. The lowest BCUT2D eigenvalue weighted by Gasteiger charge is -2.61. The van der Waals surface area contributed by atoms with E-state index in [0.29, 0.717) is 11.1 Å². The van der Waals surface area contributed by atoms with Crippen LogP contribution in [0.25, 0.3) is 0 Å². The number of esters is 2. The molecule has 6 rings (SSSR count). The van der Waals surface area contributed by atoms with Gasteiger partial charge in [-0.1, -0.05) is 34.3 Å². The predicted octanol–water partition coefficient (Wildman–Crippen LogP) is 1.56. The van der Waals surface area contributed by atoms with Gasteiger partial charge in [0.25, 0.3) is 0 Å². The smallest absolute Gasteiger partial charge is 0.335 e. The molecule has 1 aromatic rings. The Morgan fingerprint density at radius 1 is 1.16 bits per heavy atom. The standard InChI is InChI=1S/C31H40O12/c1-13(2)22(35)27(38)41-25-23(36)20(29(5)16-9-19(34)42-28(16,4)12-40-17(29)10-18(32)33)14(3)31-26(43-31)24(37)21(30(25,31)6)15-7-8-39-11-15/h7-8,11,13,16-17,20-26,35-37H,3,9-10,12H2,1-2,4-6H3,(H,32,33)/t16-,17+,20+,21+,22+,23+,24+,25-,26+,28-,29+,30+,31+/m0/s1. The summed E-state index contributed by atoms with van der Waals surface area (Å²) in [6.45, 7) is 12.9. The maximum absolute atomic E-state index is 13.4. The van der Waals surface area contributed by atoms with Crippen LogP contribution in [0.2, 0.25) is 0 Å². The number of carbonyl (C=O) groups excluding carboxylic acids is 2. The number of hydrogen-bond donors (Lipinski definition) is 4. The monoisotopic (exact) mass is 604 g/mol. The molecule has 5 fully saturated rings. The second-order valence-electron chi connectivity index (χ2n) is 13.9. The molecule has 4 N–H and O–H groups in total. The number of epoxide rings is 1. The third-order valence-electron chi connectivity index (χ3n) is 11.4. The number of carboxylic acids is 1. The second-order valence-corrected chi connectivity index (χ2v) is 13.9. The third kappa shape index (κ3) is 3.83. The van der Waals surface area contributed by atoms with Gasteiger partial charge < -0.3 is 43.8 Å². The van der Waals surface area contributed by atoms with Gasteiger partial charge >= 0.3 is 17.9 Å². The van der Waals surface area contributed by atoms with Crippen molar-refractivity contribution in [2.45, 2.75) is 101 Å². The van der Waals surface area contributed by atoms with E-state index in [9.17, 15) is 34.8 Å². The van der Waals surface area contributed by atoms with Crippen LogP contribution in [0.3, 0.4) is 0 Å². The molecule has 0 bridgehead atoms. The van der Waals surface area contributed by atoms with E-state index in [2.05, 4.69) is 6.58 Å². The Kier molecular flexibility index (Phi) is 6.77. The van der Waals surface area contributed by atoms with Crippen LogP contribution in [0.5, 0.6) is 0 Å². The van der Waals surface area contributed by atoms with Crippen molar-refractivity contribution in [2.24, 2.45) is 28.6 Å². The first-order valence-electron chi connectivity index (χ1n) is 14.7. The number of carbonyl (C=O) groups is 3. The van der Waals surface area contributed by atoms with Crippen LogP contribution in [0, 0.1) is 28.6 Å². The Bertz CT molecular complexity index is 1340. The van der Waals surface area contributed by atoms with E-state index in [0.717, 1.165) is 0 Å². The van der Waals surface area contributed by atoms with Crippen molar-refractivity contribution in [3.63, 3.8) is 0 Å². The zero-order valence-corrected chi connectivity index (χ0v) is 24.9. The Morgan fingerprint density at radius 2 is 1.86 bits per heavy atom. The van der Waals surface area contributed by atoms with E-state index in [-0.39, 0.29) is 13.0 Å². The normalized spacial score (nSPS) is 47.4. The number of hydrogen-bond acceptors (Lipinski definition) is 11. The molecule has 0 aromatic carbocycles. The lowest BCUT2D eigenvalue weighted by Crippen LogP contribution is -2.69. The van der Waals surface area contributed by atoms with Gasteiger partial charge in [0.05, 0.1) is 55.7 Å². The highest BCUT2D eigenvalue weighted by atomic mass is 16.6. The molecule has 4 heterocycles. The Labute approximate surface area is 248 Å². The fourth-order valence-electron chi connectivity index (χ4n) is 9.32. The van der Waals surface area contributed by atoms with Crippen molar-refractivity contribution >= 4 is 17.9 Å². The lowest BCUT2D eigenvalue weighted by atomic mass is 9.47. The first-order valence-corrected chi connectivity index (χ1v) is 14.7. The highest BCUT2D eigenvalue weighted by molar-refractivity contribution is 5.75. The van der Waals surface area contributed by atoms with Gasteiger partial charge in [0.2, 0.25) is 0 Å². The van der Waals surface area contributed by atoms with Crippen LogP contribution in [-0.2, 0) is 33.3 Å². The summed E-state index contributed by atoms with van der Waals surface area (Å²) < 4.78 is 29.5. The molecule has 2 aliphatic carbocycles. The van der Waals surface area contributed by atoms with E-state index in [1.165, 1.54) is 12.5 Å². The number of furan rings is 1.